The van der Waals surface area contributed by atoms with Crippen LogP contribution in [0.15, 0.2) is 18.5 Å². The number of anilines is 1. The molecule has 1 aliphatic rings. The first-order valence-corrected chi connectivity index (χ1v) is 5.33. The summed E-state index contributed by atoms with van der Waals surface area (Å²) in [6.45, 7) is 5.04. The van der Waals surface area contributed by atoms with Crippen LogP contribution >= 0.6 is 0 Å². The number of ether oxygens (including phenoxy) is 1. The first-order valence-electron chi connectivity index (χ1n) is 5.33. The molecule has 82 valence electrons. The third kappa shape index (κ3) is 2.89. The molecule has 0 saturated carbocycles. The number of rotatable bonds is 2. The predicted octanol–water partition coefficient (Wildman–Crippen LogP) is 1.85. The van der Waals surface area contributed by atoms with E-state index >= 15 is 0 Å². The van der Waals surface area contributed by atoms with Crippen molar-refractivity contribution in [1.29, 1.82) is 0 Å². The largest absolute Gasteiger partial charge is 0.375 e. The highest BCUT2D eigenvalue weighted by atomic mass is 16.5. The molecule has 0 amide bonds. The van der Waals surface area contributed by atoms with Gasteiger partial charge in [0.05, 0.1) is 5.60 Å². The smallest absolute Gasteiger partial charge is 0.222 e. The molecular formula is C11H17N3O. The molecule has 1 atom stereocenters. The van der Waals surface area contributed by atoms with Crippen LogP contribution in [0.3, 0.4) is 0 Å². The lowest BCUT2D eigenvalue weighted by Gasteiger charge is -2.35. The number of aromatic nitrogens is 2. The van der Waals surface area contributed by atoms with E-state index in [1.807, 2.05) is 6.07 Å². The van der Waals surface area contributed by atoms with Crippen LogP contribution in [0, 0.1) is 0 Å². The monoisotopic (exact) mass is 207 g/mol. The molecule has 1 unspecified atom stereocenters. The molecule has 2 heterocycles. The SMILES string of the molecule is CC1(C)CC(Nc2ncccn2)CCO1. The molecule has 1 aliphatic heterocycles. The van der Waals surface area contributed by atoms with E-state index in [1.54, 1.807) is 12.4 Å². The van der Waals surface area contributed by atoms with Crippen molar-refractivity contribution in [1.82, 2.24) is 9.97 Å². The fourth-order valence-corrected chi connectivity index (χ4v) is 1.91. The van der Waals surface area contributed by atoms with Gasteiger partial charge in [-0.3, -0.25) is 0 Å². The Hall–Kier alpha value is -1.16. The van der Waals surface area contributed by atoms with E-state index in [4.69, 9.17) is 4.74 Å². The van der Waals surface area contributed by atoms with Crippen LogP contribution in [0.2, 0.25) is 0 Å². The zero-order valence-electron chi connectivity index (χ0n) is 9.23. The summed E-state index contributed by atoms with van der Waals surface area (Å²) in [7, 11) is 0. The van der Waals surface area contributed by atoms with Crippen molar-refractivity contribution in [3.8, 4) is 0 Å². The number of hydrogen-bond donors (Lipinski definition) is 1. The van der Waals surface area contributed by atoms with E-state index in [2.05, 4.69) is 29.1 Å². The summed E-state index contributed by atoms with van der Waals surface area (Å²) in [4.78, 5) is 8.32. The molecule has 0 bridgehead atoms. The van der Waals surface area contributed by atoms with E-state index < -0.39 is 0 Å². The summed E-state index contributed by atoms with van der Waals surface area (Å²) < 4.78 is 5.65. The Morgan fingerprint density at radius 3 is 2.80 bits per heavy atom. The maximum atomic E-state index is 5.65. The van der Waals surface area contributed by atoms with Crippen LogP contribution in [0.1, 0.15) is 26.7 Å². The molecule has 1 fully saturated rings. The van der Waals surface area contributed by atoms with Crippen LogP contribution < -0.4 is 5.32 Å². The van der Waals surface area contributed by atoms with Gasteiger partial charge in [-0.1, -0.05) is 0 Å². The van der Waals surface area contributed by atoms with Gasteiger partial charge in [-0.15, -0.1) is 0 Å². The van der Waals surface area contributed by atoms with Crippen LogP contribution in [0.25, 0.3) is 0 Å². The molecule has 2 rings (SSSR count). The highest BCUT2D eigenvalue weighted by Gasteiger charge is 2.28. The number of nitrogens with zero attached hydrogens (tertiary/aromatic N) is 2. The number of nitrogens with one attached hydrogen (secondary N) is 1. The third-order valence-corrected chi connectivity index (χ3v) is 2.60. The highest BCUT2D eigenvalue weighted by molar-refractivity contribution is 5.24. The average molecular weight is 207 g/mol. The zero-order chi connectivity index (χ0) is 10.7. The fraction of sp³-hybridized carbons (Fsp3) is 0.636. The third-order valence-electron chi connectivity index (χ3n) is 2.60. The van der Waals surface area contributed by atoms with Gasteiger partial charge in [-0.25, -0.2) is 9.97 Å². The Morgan fingerprint density at radius 2 is 2.13 bits per heavy atom. The summed E-state index contributed by atoms with van der Waals surface area (Å²) in [6.07, 6.45) is 5.51. The molecule has 1 aromatic rings. The Kier molecular flexibility index (Phi) is 2.86. The molecule has 1 N–H and O–H groups in total. The average Bonchev–Trinajstić information content (AvgIpc) is 2.17. The quantitative estimate of drug-likeness (QED) is 0.804. The Labute approximate surface area is 90.1 Å². The summed E-state index contributed by atoms with van der Waals surface area (Å²) in [5.74, 6) is 0.709. The molecule has 15 heavy (non-hydrogen) atoms. The maximum absolute atomic E-state index is 5.65. The second-order valence-corrected chi connectivity index (χ2v) is 4.51. The minimum Gasteiger partial charge on any atom is -0.375 e. The van der Waals surface area contributed by atoms with Crippen molar-refractivity contribution in [2.75, 3.05) is 11.9 Å². The van der Waals surface area contributed by atoms with Gasteiger partial charge in [0.1, 0.15) is 0 Å². The van der Waals surface area contributed by atoms with E-state index in [9.17, 15) is 0 Å². The van der Waals surface area contributed by atoms with Gasteiger partial charge >= 0.3 is 0 Å². The number of hydrogen-bond acceptors (Lipinski definition) is 4. The van der Waals surface area contributed by atoms with E-state index in [0.29, 0.717) is 12.0 Å². The molecular weight excluding hydrogens is 190 g/mol. The van der Waals surface area contributed by atoms with Gasteiger partial charge in [0.25, 0.3) is 0 Å². The topological polar surface area (TPSA) is 47.0 Å². The molecule has 0 spiro atoms. The van der Waals surface area contributed by atoms with Crippen molar-refractivity contribution in [3.63, 3.8) is 0 Å². The normalized spacial score (nSPS) is 24.8. The Morgan fingerprint density at radius 1 is 1.40 bits per heavy atom. The van der Waals surface area contributed by atoms with E-state index in [0.717, 1.165) is 19.4 Å². The molecule has 4 nitrogen and oxygen atoms in total. The van der Waals surface area contributed by atoms with Gasteiger partial charge in [-0.05, 0) is 32.8 Å². The lowest BCUT2D eigenvalue weighted by molar-refractivity contribution is -0.0553. The summed E-state index contributed by atoms with van der Waals surface area (Å²) >= 11 is 0. The van der Waals surface area contributed by atoms with Crippen molar-refractivity contribution >= 4 is 5.95 Å². The van der Waals surface area contributed by atoms with Crippen LogP contribution in [0.4, 0.5) is 5.95 Å². The van der Waals surface area contributed by atoms with Gasteiger partial charge in [0.15, 0.2) is 0 Å². The Balaban J connectivity index is 1.95. The molecule has 4 heteroatoms. The zero-order valence-corrected chi connectivity index (χ0v) is 9.23. The molecule has 0 radical (unpaired) electrons. The first kappa shape index (κ1) is 10.4. The Bertz CT molecular complexity index is 313. The van der Waals surface area contributed by atoms with Crippen molar-refractivity contribution in [2.45, 2.75) is 38.3 Å². The summed E-state index contributed by atoms with van der Waals surface area (Å²) in [5, 5.41) is 3.33. The van der Waals surface area contributed by atoms with Gasteiger partial charge in [-0.2, -0.15) is 0 Å². The van der Waals surface area contributed by atoms with Crippen LogP contribution in [-0.4, -0.2) is 28.2 Å². The second kappa shape index (κ2) is 4.14. The summed E-state index contributed by atoms with van der Waals surface area (Å²) in [6, 6.07) is 2.23. The van der Waals surface area contributed by atoms with Crippen LogP contribution in [0.5, 0.6) is 0 Å². The predicted molar refractivity (Wildman–Crippen MR) is 58.7 cm³/mol. The molecule has 0 aliphatic carbocycles. The van der Waals surface area contributed by atoms with Crippen LogP contribution in [-0.2, 0) is 4.74 Å². The lowest BCUT2D eigenvalue weighted by atomic mass is 9.94. The summed E-state index contributed by atoms with van der Waals surface area (Å²) in [5.41, 5.74) is -0.0370. The van der Waals surface area contributed by atoms with Gasteiger partial charge < -0.3 is 10.1 Å². The fourth-order valence-electron chi connectivity index (χ4n) is 1.91. The van der Waals surface area contributed by atoms with Crippen molar-refractivity contribution < 1.29 is 4.74 Å². The van der Waals surface area contributed by atoms with Crippen molar-refractivity contribution in [2.24, 2.45) is 0 Å². The first-order chi connectivity index (χ1) is 7.16. The lowest BCUT2D eigenvalue weighted by Crippen LogP contribution is -2.40. The highest BCUT2D eigenvalue weighted by Crippen LogP contribution is 2.25. The maximum Gasteiger partial charge on any atom is 0.222 e. The van der Waals surface area contributed by atoms with E-state index in [1.165, 1.54) is 0 Å². The molecule has 0 aromatic carbocycles. The minimum atomic E-state index is -0.0370. The minimum absolute atomic E-state index is 0.0370. The second-order valence-electron chi connectivity index (χ2n) is 4.51. The van der Waals surface area contributed by atoms with Gasteiger partial charge in [0, 0.05) is 25.0 Å². The van der Waals surface area contributed by atoms with Crippen molar-refractivity contribution in [3.05, 3.63) is 18.5 Å². The van der Waals surface area contributed by atoms with Gasteiger partial charge in [0.2, 0.25) is 5.95 Å². The van der Waals surface area contributed by atoms with E-state index in [-0.39, 0.29) is 5.60 Å². The molecule has 1 aromatic heterocycles. The molecule has 1 saturated heterocycles. The standard InChI is InChI=1S/C11H17N3O/c1-11(2)8-9(4-7-15-11)14-10-12-5-3-6-13-10/h3,5-6,9H,4,7-8H2,1-2H3,(H,12,13,14).